The van der Waals surface area contributed by atoms with E-state index in [2.05, 4.69) is 26.1 Å². The van der Waals surface area contributed by atoms with Crippen LogP contribution in [0.2, 0.25) is 5.02 Å². The minimum atomic E-state index is -4.53. The number of carbonyl (C=O) groups is 1. The SMILES string of the molecule is C[C@@H](Oc1ccc(C(C)(C)C)cc1)C(=O)Nc1cc(C(F)(F)F)ccc1Cl. The van der Waals surface area contributed by atoms with Crippen molar-refractivity contribution in [3.8, 4) is 5.75 Å². The molecule has 2 rings (SSSR count). The Bertz CT molecular complexity index is 811. The molecule has 7 heteroatoms. The summed E-state index contributed by atoms with van der Waals surface area (Å²) in [5.41, 5.74) is 0.0909. The van der Waals surface area contributed by atoms with Gasteiger partial charge in [-0.05, 0) is 48.2 Å². The Balaban J connectivity index is 2.08. The van der Waals surface area contributed by atoms with Gasteiger partial charge >= 0.3 is 6.18 Å². The largest absolute Gasteiger partial charge is 0.481 e. The number of amides is 1. The maximum Gasteiger partial charge on any atom is 0.416 e. The Hall–Kier alpha value is -2.21. The highest BCUT2D eigenvalue weighted by Gasteiger charge is 2.31. The lowest BCUT2D eigenvalue weighted by Crippen LogP contribution is -2.30. The second-order valence-corrected chi connectivity index (χ2v) is 7.62. The Morgan fingerprint density at radius 1 is 1.04 bits per heavy atom. The summed E-state index contributed by atoms with van der Waals surface area (Å²) in [6.07, 6.45) is -5.45. The van der Waals surface area contributed by atoms with Gasteiger partial charge in [0.15, 0.2) is 6.10 Å². The Morgan fingerprint density at radius 2 is 1.59 bits per heavy atom. The van der Waals surface area contributed by atoms with Crippen molar-refractivity contribution in [2.45, 2.75) is 45.4 Å². The topological polar surface area (TPSA) is 38.3 Å². The fraction of sp³-hybridized carbons (Fsp3) is 0.350. The molecule has 0 spiro atoms. The second kappa shape index (κ2) is 7.80. The molecule has 2 aromatic rings. The zero-order valence-electron chi connectivity index (χ0n) is 15.4. The minimum absolute atomic E-state index is 0.0121. The molecule has 2 aromatic carbocycles. The van der Waals surface area contributed by atoms with Gasteiger partial charge in [-0.25, -0.2) is 0 Å². The van der Waals surface area contributed by atoms with Gasteiger partial charge in [-0.1, -0.05) is 44.5 Å². The first-order valence-corrected chi connectivity index (χ1v) is 8.70. The van der Waals surface area contributed by atoms with Crippen molar-refractivity contribution in [1.82, 2.24) is 0 Å². The summed E-state index contributed by atoms with van der Waals surface area (Å²) in [5, 5.41) is 2.39. The molecule has 146 valence electrons. The molecule has 0 unspecified atom stereocenters. The summed E-state index contributed by atoms with van der Waals surface area (Å²) in [6, 6.07) is 10.1. The first-order valence-electron chi connectivity index (χ1n) is 8.33. The molecule has 0 aliphatic heterocycles. The van der Waals surface area contributed by atoms with Crippen molar-refractivity contribution in [2.24, 2.45) is 0 Å². The number of halogens is 4. The van der Waals surface area contributed by atoms with Crippen LogP contribution in [0.4, 0.5) is 18.9 Å². The number of hydrogen-bond donors (Lipinski definition) is 1. The summed E-state index contributed by atoms with van der Waals surface area (Å²) in [4.78, 5) is 12.3. The average Bonchev–Trinajstić information content (AvgIpc) is 2.55. The third kappa shape index (κ3) is 5.63. The molecule has 27 heavy (non-hydrogen) atoms. The molecule has 1 amide bonds. The van der Waals surface area contributed by atoms with Crippen LogP contribution in [-0.4, -0.2) is 12.0 Å². The van der Waals surface area contributed by atoms with Gasteiger partial charge in [-0.3, -0.25) is 4.79 Å². The number of carbonyl (C=O) groups excluding carboxylic acids is 1. The van der Waals surface area contributed by atoms with E-state index in [9.17, 15) is 18.0 Å². The van der Waals surface area contributed by atoms with Crippen LogP contribution >= 0.6 is 11.6 Å². The monoisotopic (exact) mass is 399 g/mol. The molecule has 0 aliphatic carbocycles. The highest BCUT2D eigenvalue weighted by atomic mass is 35.5. The van der Waals surface area contributed by atoms with E-state index in [4.69, 9.17) is 16.3 Å². The molecular weight excluding hydrogens is 379 g/mol. The van der Waals surface area contributed by atoms with Crippen LogP contribution in [0.25, 0.3) is 0 Å². The van der Waals surface area contributed by atoms with Crippen LogP contribution in [0.5, 0.6) is 5.75 Å². The van der Waals surface area contributed by atoms with Gasteiger partial charge in [-0.2, -0.15) is 13.2 Å². The van der Waals surface area contributed by atoms with Gasteiger partial charge < -0.3 is 10.1 Å². The molecule has 1 N–H and O–H groups in total. The summed E-state index contributed by atoms with van der Waals surface area (Å²) in [6.45, 7) is 7.75. The summed E-state index contributed by atoms with van der Waals surface area (Å²) in [5.74, 6) is -0.114. The van der Waals surface area contributed by atoms with Crippen molar-refractivity contribution < 1.29 is 22.7 Å². The third-order valence-electron chi connectivity index (χ3n) is 3.95. The van der Waals surface area contributed by atoms with Crippen LogP contribution in [0.15, 0.2) is 42.5 Å². The summed E-state index contributed by atoms with van der Waals surface area (Å²) in [7, 11) is 0. The van der Waals surface area contributed by atoms with E-state index >= 15 is 0 Å². The van der Waals surface area contributed by atoms with Gasteiger partial charge in [0.05, 0.1) is 16.3 Å². The average molecular weight is 400 g/mol. The van der Waals surface area contributed by atoms with Crippen LogP contribution in [0, 0.1) is 0 Å². The van der Waals surface area contributed by atoms with Gasteiger partial charge in [0.2, 0.25) is 0 Å². The quantitative estimate of drug-likeness (QED) is 0.678. The Kier molecular flexibility index (Phi) is 6.10. The molecule has 0 radical (unpaired) electrons. The molecule has 1 atom stereocenters. The van der Waals surface area contributed by atoms with Gasteiger partial charge in [0, 0.05) is 0 Å². The first kappa shape index (κ1) is 21.1. The molecule has 0 saturated heterocycles. The molecule has 0 aromatic heterocycles. The Labute approximate surface area is 161 Å². The highest BCUT2D eigenvalue weighted by Crippen LogP contribution is 2.34. The van der Waals surface area contributed by atoms with Crippen molar-refractivity contribution in [2.75, 3.05) is 5.32 Å². The first-order chi connectivity index (χ1) is 12.4. The number of benzene rings is 2. The number of rotatable bonds is 4. The molecule has 0 saturated carbocycles. The summed E-state index contributed by atoms with van der Waals surface area (Å²) >= 11 is 5.89. The zero-order valence-corrected chi connectivity index (χ0v) is 16.2. The number of hydrogen-bond acceptors (Lipinski definition) is 2. The van der Waals surface area contributed by atoms with Crippen LogP contribution in [0.3, 0.4) is 0 Å². The summed E-state index contributed by atoms with van der Waals surface area (Å²) < 4.78 is 44.0. The van der Waals surface area contributed by atoms with Crippen LogP contribution < -0.4 is 10.1 Å². The standard InChI is InChI=1S/C20H21ClF3NO2/c1-12(27-15-8-5-13(6-9-15)19(2,3)4)18(26)25-17-11-14(20(22,23)24)7-10-16(17)21/h5-12H,1-4H3,(H,25,26)/t12-/m1/s1. The minimum Gasteiger partial charge on any atom is -0.481 e. The van der Waals surface area contributed by atoms with Gasteiger partial charge in [-0.15, -0.1) is 0 Å². The van der Waals surface area contributed by atoms with Crippen LogP contribution in [-0.2, 0) is 16.4 Å². The fourth-order valence-electron chi connectivity index (χ4n) is 2.32. The predicted octanol–water partition coefficient (Wildman–Crippen LogP) is 6.06. The second-order valence-electron chi connectivity index (χ2n) is 7.22. The molecule has 0 bridgehead atoms. The van der Waals surface area contributed by atoms with Crippen molar-refractivity contribution in [3.05, 3.63) is 58.6 Å². The number of alkyl halides is 3. The Morgan fingerprint density at radius 3 is 2.11 bits per heavy atom. The lowest BCUT2D eigenvalue weighted by Gasteiger charge is -2.20. The fourth-order valence-corrected chi connectivity index (χ4v) is 2.49. The third-order valence-corrected chi connectivity index (χ3v) is 4.28. The molecule has 3 nitrogen and oxygen atoms in total. The van der Waals surface area contributed by atoms with E-state index in [1.54, 1.807) is 12.1 Å². The van der Waals surface area contributed by atoms with E-state index in [0.717, 1.165) is 23.8 Å². The lowest BCUT2D eigenvalue weighted by molar-refractivity contribution is -0.137. The highest BCUT2D eigenvalue weighted by molar-refractivity contribution is 6.33. The van der Waals surface area contributed by atoms with E-state index in [1.165, 1.54) is 6.92 Å². The zero-order chi connectivity index (χ0) is 20.4. The molecule has 0 aliphatic rings. The van der Waals surface area contributed by atoms with Gasteiger partial charge in [0.25, 0.3) is 5.91 Å². The number of anilines is 1. The smallest absolute Gasteiger partial charge is 0.416 e. The molecular formula is C20H21ClF3NO2. The molecule has 0 fully saturated rings. The van der Waals surface area contributed by atoms with Crippen LogP contribution in [0.1, 0.15) is 38.8 Å². The van der Waals surface area contributed by atoms with E-state index < -0.39 is 23.8 Å². The van der Waals surface area contributed by atoms with E-state index in [0.29, 0.717) is 5.75 Å². The normalized spacial score (nSPS) is 13.2. The maximum atomic E-state index is 12.8. The number of nitrogens with one attached hydrogen (secondary N) is 1. The number of ether oxygens (including phenoxy) is 1. The van der Waals surface area contributed by atoms with E-state index in [1.807, 2.05) is 12.1 Å². The molecule has 0 heterocycles. The maximum absolute atomic E-state index is 12.8. The predicted molar refractivity (Wildman–Crippen MR) is 100 cm³/mol. The van der Waals surface area contributed by atoms with Crippen molar-refractivity contribution in [3.63, 3.8) is 0 Å². The lowest BCUT2D eigenvalue weighted by atomic mass is 9.87. The van der Waals surface area contributed by atoms with Crippen molar-refractivity contribution in [1.29, 1.82) is 0 Å². The van der Waals surface area contributed by atoms with Crippen molar-refractivity contribution >= 4 is 23.2 Å². The van der Waals surface area contributed by atoms with E-state index in [-0.39, 0.29) is 16.1 Å². The van der Waals surface area contributed by atoms with Gasteiger partial charge in [0.1, 0.15) is 5.75 Å².